The molecule has 0 spiro atoms. The molecule has 0 aliphatic carbocycles. The molecule has 4 aromatic rings. The lowest BCUT2D eigenvalue weighted by atomic mass is 9.96. The molecule has 2 aromatic carbocycles. The Labute approximate surface area is 228 Å². The topological polar surface area (TPSA) is 85.6 Å². The third-order valence-corrected chi connectivity index (χ3v) is 6.65. The summed E-state index contributed by atoms with van der Waals surface area (Å²) in [6.45, 7) is 8.59. The lowest BCUT2D eigenvalue weighted by Gasteiger charge is -2.36. The minimum Gasteiger partial charge on any atom is -0.330 e. The van der Waals surface area contributed by atoms with Crippen molar-refractivity contribution in [1.82, 2.24) is 19.1 Å². The van der Waals surface area contributed by atoms with E-state index in [1.807, 2.05) is 75.4 Å². The molecule has 2 aromatic heterocycles. The summed E-state index contributed by atoms with van der Waals surface area (Å²) in [5.41, 5.74) is 8.74. The molecule has 1 amide bonds. The van der Waals surface area contributed by atoms with Crippen LogP contribution < -0.4 is 11.4 Å². The van der Waals surface area contributed by atoms with Crippen molar-refractivity contribution in [3.63, 3.8) is 0 Å². The van der Waals surface area contributed by atoms with Crippen LogP contribution in [0.5, 0.6) is 0 Å². The quantitative estimate of drug-likeness (QED) is 0.327. The number of carbonyl (C=O) groups is 1. The maximum Gasteiger partial charge on any atom is 0.349 e. The number of aromatic nitrogens is 3. The van der Waals surface area contributed by atoms with Crippen LogP contribution in [0.25, 0.3) is 5.52 Å². The Bertz CT molecular complexity index is 1450. The van der Waals surface area contributed by atoms with Gasteiger partial charge in [-0.1, -0.05) is 61.9 Å². The Kier molecular flexibility index (Phi) is 9.46. The summed E-state index contributed by atoms with van der Waals surface area (Å²) in [4.78, 5) is 29.4. The Balaban J connectivity index is 0.00000400. The molecular weight excluding hydrogens is 505 g/mol. The Morgan fingerprint density at radius 1 is 1.08 bits per heavy atom. The summed E-state index contributed by atoms with van der Waals surface area (Å²) in [7, 11) is 0. The SMILES string of the molecule is Cc1ccc(C(=O)N(CCCN)C(c2cc3c(F)c(C)nn3c(=O)n2Cc2ccccc2)C(C)C)cc1.Cl. The molecule has 0 saturated carbocycles. The third-order valence-electron chi connectivity index (χ3n) is 6.65. The fourth-order valence-corrected chi connectivity index (χ4v) is 4.76. The number of aryl methyl sites for hydroxylation is 2. The van der Waals surface area contributed by atoms with Crippen LogP contribution in [0.15, 0.2) is 65.5 Å². The highest BCUT2D eigenvalue weighted by molar-refractivity contribution is 5.94. The second kappa shape index (κ2) is 12.4. The molecule has 38 heavy (non-hydrogen) atoms. The van der Waals surface area contributed by atoms with Gasteiger partial charge in [0.2, 0.25) is 0 Å². The molecule has 0 radical (unpaired) electrons. The summed E-state index contributed by atoms with van der Waals surface area (Å²) in [6.07, 6.45) is 0.589. The highest BCUT2D eigenvalue weighted by atomic mass is 35.5. The Morgan fingerprint density at radius 2 is 1.74 bits per heavy atom. The van der Waals surface area contributed by atoms with Gasteiger partial charge in [-0.05, 0) is 56.5 Å². The van der Waals surface area contributed by atoms with Crippen LogP contribution in [0.2, 0.25) is 0 Å². The van der Waals surface area contributed by atoms with Gasteiger partial charge in [-0.25, -0.2) is 9.18 Å². The van der Waals surface area contributed by atoms with Gasteiger partial charge in [0.1, 0.15) is 5.52 Å². The number of nitrogens with zero attached hydrogens (tertiary/aromatic N) is 4. The van der Waals surface area contributed by atoms with Gasteiger partial charge in [0.05, 0.1) is 18.3 Å². The highest BCUT2D eigenvalue weighted by Gasteiger charge is 2.32. The first-order valence-corrected chi connectivity index (χ1v) is 12.6. The van der Waals surface area contributed by atoms with Crippen LogP contribution >= 0.6 is 12.4 Å². The molecule has 9 heteroatoms. The molecular formula is C29H35ClFN5O2. The van der Waals surface area contributed by atoms with E-state index >= 15 is 4.39 Å². The second-order valence-corrected chi connectivity index (χ2v) is 9.82. The minimum absolute atomic E-state index is 0. The normalized spacial score (nSPS) is 12.0. The first kappa shape index (κ1) is 29.1. The van der Waals surface area contributed by atoms with Gasteiger partial charge in [0.15, 0.2) is 5.82 Å². The molecule has 0 aliphatic heterocycles. The van der Waals surface area contributed by atoms with Crippen molar-refractivity contribution in [1.29, 1.82) is 0 Å². The van der Waals surface area contributed by atoms with E-state index in [1.165, 1.54) is 6.92 Å². The number of amides is 1. The summed E-state index contributed by atoms with van der Waals surface area (Å²) < 4.78 is 17.8. The fourth-order valence-electron chi connectivity index (χ4n) is 4.76. The van der Waals surface area contributed by atoms with E-state index in [2.05, 4.69) is 5.10 Å². The molecule has 4 rings (SSSR count). The predicted octanol–water partition coefficient (Wildman–Crippen LogP) is 4.91. The zero-order chi connectivity index (χ0) is 26.7. The second-order valence-electron chi connectivity index (χ2n) is 9.82. The highest BCUT2D eigenvalue weighted by Crippen LogP contribution is 2.31. The van der Waals surface area contributed by atoms with E-state index in [1.54, 1.807) is 15.5 Å². The lowest BCUT2D eigenvalue weighted by Crippen LogP contribution is -2.42. The van der Waals surface area contributed by atoms with Crippen LogP contribution in [-0.2, 0) is 6.54 Å². The summed E-state index contributed by atoms with van der Waals surface area (Å²) in [5.74, 6) is -0.773. The molecule has 1 atom stereocenters. The van der Waals surface area contributed by atoms with Crippen molar-refractivity contribution < 1.29 is 9.18 Å². The Hall–Kier alpha value is -3.49. The van der Waals surface area contributed by atoms with Gasteiger partial charge < -0.3 is 10.6 Å². The number of hydrogen-bond acceptors (Lipinski definition) is 4. The maximum atomic E-state index is 15.1. The summed E-state index contributed by atoms with van der Waals surface area (Å²) >= 11 is 0. The number of rotatable bonds is 9. The average Bonchev–Trinajstić information content (AvgIpc) is 3.17. The van der Waals surface area contributed by atoms with E-state index in [4.69, 9.17) is 5.73 Å². The van der Waals surface area contributed by atoms with Crippen LogP contribution in [0.1, 0.15) is 59.2 Å². The number of fused-ring (bicyclic) bond motifs is 1. The lowest BCUT2D eigenvalue weighted by molar-refractivity contribution is 0.0609. The van der Waals surface area contributed by atoms with Crippen molar-refractivity contribution >= 4 is 23.8 Å². The number of benzene rings is 2. The zero-order valence-electron chi connectivity index (χ0n) is 22.2. The van der Waals surface area contributed by atoms with Crippen LogP contribution in [-0.4, -0.2) is 38.1 Å². The summed E-state index contributed by atoms with van der Waals surface area (Å²) in [6, 6.07) is 18.2. The first-order valence-electron chi connectivity index (χ1n) is 12.6. The standard InChI is InChI=1S/C29H34FN5O2.ClH/c1-19(2)27(33(16-8-15-31)28(36)23-13-11-20(3)12-14-23)25-17-24-26(30)21(4)32-35(24)29(37)34(25)18-22-9-6-5-7-10-22;/h5-7,9-14,17,19,27H,8,15-16,18,31H2,1-4H3;1H. The van der Waals surface area contributed by atoms with Crippen LogP contribution in [0.3, 0.4) is 0 Å². The number of carbonyl (C=O) groups excluding carboxylic acids is 1. The summed E-state index contributed by atoms with van der Waals surface area (Å²) in [5, 5.41) is 4.16. The van der Waals surface area contributed by atoms with Crippen molar-refractivity contribution in [2.24, 2.45) is 11.7 Å². The smallest absolute Gasteiger partial charge is 0.330 e. The van der Waals surface area contributed by atoms with Crippen LogP contribution in [0.4, 0.5) is 4.39 Å². The van der Waals surface area contributed by atoms with Gasteiger partial charge in [-0.3, -0.25) is 9.36 Å². The van der Waals surface area contributed by atoms with E-state index in [-0.39, 0.29) is 42.0 Å². The monoisotopic (exact) mass is 539 g/mol. The van der Waals surface area contributed by atoms with Gasteiger partial charge in [-0.2, -0.15) is 9.61 Å². The molecule has 0 aliphatic rings. The Morgan fingerprint density at radius 3 is 2.34 bits per heavy atom. The van der Waals surface area contributed by atoms with Crippen molar-refractivity contribution in [2.45, 2.75) is 46.7 Å². The van der Waals surface area contributed by atoms with E-state index < -0.39 is 17.5 Å². The zero-order valence-corrected chi connectivity index (χ0v) is 23.0. The number of hydrogen-bond donors (Lipinski definition) is 1. The van der Waals surface area contributed by atoms with Gasteiger partial charge in [0, 0.05) is 17.8 Å². The van der Waals surface area contributed by atoms with Crippen LogP contribution in [0, 0.1) is 25.6 Å². The van der Waals surface area contributed by atoms with Crippen molar-refractivity contribution in [3.8, 4) is 0 Å². The molecule has 0 bridgehead atoms. The molecule has 2 N–H and O–H groups in total. The molecule has 1 unspecified atom stereocenters. The maximum absolute atomic E-state index is 15.1. The molecule has 0 saturated heterocycles. The van der Waals surface area contributed by atoms with Gasteiger partial charge in [0.25, 0.3) is 5.91 Å². The molecule has 2 heterocycles. The molecule has 0 fully saturated rings. The number of nitrogens with two attached hydrogens (primary N) is 1. The minimum atomic E-state index is -0.536. The first-order chi connectivity index (χ1) is 17.7. The number of halogens is 2. The van der Waals surface area contributed by atoms with Crippen molar-refractivity contribution in [2.75, 3.05) is 13.1 Å². The third kappa shape index (κ3) is 5.81. The van der Waals surface area contributed by atoms with E-state index in [0.717, 1.165) is 15.6 Å². The fraction of sp³-hybridized carbons (Fsp3) is 0.345. The largest absolute Gasteiger partial charge is 0.349 e. The van der Waals surface area contributed by atoms with E-state index in [9.17, 15) is 9.59 Å². The van der Waals surface area contributed by atoms with E-state index in [0.29, 0.717) is 30.8 Å². The average molecular weight is 540 g/mol. The van der Waals surface area contributed by atoms with Crippen molar-refractivity contribution in [3.05, 3.63) is 105 Å². The molecule has 7 nitrogen and oxygen atoms in total. The van der Waals surface area contributed by atoms with Gasteiger partial charge >= 0.3 is 5.69 Å². The molecule has 202 valence electrons. The van der Waals surface area contributed by atoms with Gasteiger partial charge in [-0.15, -0.1) is 12.4 Å². The predicted molar refractivity (Wildman–Crippen MR) is 150 cm³/mol.